The number of nitrogens with zero attached hydrogens (tertiary/aromatic N) is 1. The molecule has 2 aliphatic rings. The molecule has 0 radical (unpaired) electrons. The first kappa shape index (κ1) is 16.8. The van der Waals surface area contributed by atoms with E-state index in [1.165, 1.54) is 5.56 Å². The molecule has 0 atom stereocenters. The van der Waals surface area contributed by atoms with Crippen LogP contribution >= 0.6 is 0 Å². The molecule has 1 fully saturated rings. The van der Waals surface area contributed by atoms with Crippen LogP contribution in [0.4, 0.5) is 10.5 Å². The van der Waals surface area contributed by atoms with E-state index in [9.17, 15) is 4.79 Å². The van der Waals surface area contributed by atoms with Gasteiger partial charge >= 0.3 is 6.03 Å². The Bertz CT molecular complexity index is 636. The van der Waals surface area contributed by atoms with Crippen LogP contribution < -0.4 is 10.8 Å². The number of carbonyl (C=O) groups excluding carboxylic acids is 1. The number of urea groups is 1. The molecule has 2 amide bonds. The summed E-state index contributed by atoms with van der Waals surface area (Å²) in [6, 6.07) is 7.82. The number of nitrogens with one attached hydrogen (secondary N) is 2. The van der Waals surface area contributed by atoms with Gasteiger partial charge in [0.2, 0.25) is 0 Å². The first-order valence-electron chi connectivity index (χ1n) is 8.57. The number of benzene rings is 1. The monoisotopic (exact) mass is 329 g/mol. The largest absolute Gasteiger partial charge is 0.324 e. The standard InChI is InChI=1S/C19H27N3O2/c1-14-5-7-15(8-6-14)20-17(23)22-11-9-19(10-12-22)13-16(21-24-19)18(2,3)4/h5-8,13,21H,9-12H2,1-4H3,(H,20,23). The number of allylic oxidation sites excluding steroid dienone is 1. The molecule has 0 bridgehead atoms. The quantitative estimate of drug-likeness (QED) is 0.823. The van der Waals surface area contributed by atoms with Crippen LogP contribution in [0.5, 0.6) is 0 Å². The van der Waals surface area contributed by atoms with Crippen LogP contribution in [0, 0.1) is 12.3 Å². The van der Waals surface area contributed by atoms with Crippen LogP contribution in [0.3, 0.4) is 0 Å². The van der Waals surface area contributed by atoms with Crippen molar-refractivity contribution in [3.8, 4) is 0 Å². The fourth-order valence-electron chi connectivity index (χ4n) is 3.02. The highest BCUT2D eigenvalue weighted by molar-refractivity contribution is 5.89. The SMILES string of the molecule is Cc1ccc(NC(=O)N2CCC3(C=C(C(C)(C)C)NO3)CC2)cc1. The second kappa shape index (κ2) is 6.13. The van der Waals surface area contributed by atoms with Crippen LogP contribution in [-0.2, 0) is 4.84 Å². The molecule has 1 aromatic carbocycles. The Kier molecular flexibility index (Phi) is 4.30. The number of aryl methyl sites for hydroxylation is 1. The van der Waals surface area contributed by atoms with Crippen LogP contribution in [0.2, 0.25) is 0 Å². The Balaban J connectivity index is 1.58. The van der Waals surface area contributed by atoms with Crippen LogP contribution in [0.15, 0.2) is 36.0 Å². The minimum absolute atomic E-state index is 0.0420. The highest BCUT2D eigenvalue weighted by Gasteiger charge is 2.41. The van der Waals surface area contributed by atoms with Gasteiger partial charge in [-0.05, 0) is 25.1 Å². The van der Waals surface area contributed by atoms with Crippen molar-refractivity contribution in [2.24, 2.45) is 5.41 Å². The van der Waals surface area contributed by atoms with Crippen molar-refractivity contribution in [2.45, 2.75) is 46.1 Å². The summed E-state index contributed by atoms with van der Waals surface area (Å²) in [5.41, 5.74) is 6.00. The van der Waals surface area contributed by atoms with Crippen molar-refractivity contribution in [1.82, 2.24) is 10.4 Å². The summed E-state index contributed by atoms with van der Waals surface area (Å²) in [6.07, 6.45) is 3.82. The summed E-state index contributed by atoms with van der Waals surface area (Å²) < 4.78 is 0. The van der Waals surface area contributed by atoms with E-state index in [-0.39, 0.29) is 17.0 Å². The number of carbonyl (C=O) groups is 1. The zero-order valence-corrected chi connectivity index (χ0v) is 15.0. The lowest BCUT2D eigenvalue weighted by molar-refractivity contribution is -0.0707. The van der Waals surface area contributed by atoms with E-state index in [1.807, 2.05) is 36.1 Å². The molecule has 0 saturated carbocycles. The van der Waals surface area contributed by atoms with Gasteiger partial charge in [0.05, 0.1) is 0 Å². The number of anilines is 1. The van der Waals surface area contributed by atoms with Crippen LogP contribution in [0.1, 0.15) is 39.2 Å². The number of likely N-dealkylation sites (tertiary alicyclic amines) is 1. The van der Waals surface area contributed by atoms with E-state index in [2.05, 4.69) is 37.6 Å². The van der Waals surface area contributed by atoms with E-state index in [0.717, 1.165) is 24.2 Å². The molecular formula is C19H27N3O2. The Morgan fingerprint density at radius 1 is 1.21 bits per heavy atom. The zero-order valence-electron chi connectivity index (χ0n) is 15.0. The highest BCUT2D eigenvalue weighted by atomic mass is 16.7. The molecule has 0 aromatic heterocycles. The first-order chi connectivity index (χ1) is 11.3. The maximum absolute atomic E-state index is 12.4. The molecule has 2 heterocycles. The van der Waals surface area contributed by atoms with Crippen molar-refractivity contribution in [2.75, 3.05) is 18.4 Å². The normalized spacial score (nSPS) is 19.8. The molecule has 0 unspecified atom stereocenters. The smallest absolute Gasteiger partial charge is 0.321 e. The van der Waals surface area contributed by atoms with Gasteiger partial charge in [0.1, 0.15) is 5.60 Å². The fourth-order valence-corrected chi connectivity index (χ4v) is 3.02. The van der Waals surface area contributed by atoms with Crippen molar-refractivity contribution >= 4 is 11.7 Å². The Labute approximate surface area is 144 Å². The Morgan fingerprint density at radius 3 is 2.38 bits per heavy atom. The average Bonchev–Trinajstić information content (AvgIpc) is 2.94. The molecule has 24 heavy (non-hydrogen) atoms. The lowest BCUT2D eigenvalue weighted by Crippen LogP contribution is -2.48. The van der Waals surface area contributed by atoms with Gasteiger partial charge in [-0.15, -0.1) is 0 Å². The van der Waals surface area contributed by atoms with Gasteiger partial charge in [-0.1, -0.05) is 38.5 Å². The van der Waals surface area contributed by atoms with Gasteiger partial charge in [-0.3, -0.25) is 10.3 Å². The summed E-state index contributed by atoms with van der Waals surface area (Å²) in [7, 11) is 0. The predicted octanol–water partition coefficient (Wildman–Crippen LogP) is 3.83. The number of rotatable bonds is 1. The molecule has 3 rings (SSSR count). The van der Waals surface area contributed by atoms with E-state index in [0.29, 0.717) is 13.1 Å². The maximum Gasteiger partial charge on any atom is 0.321 e. The predicted molar refractivity (Wildman–Crippen MR) is 95.5 cm³/mol. The molecule has 2 N–H and O–H groups in total. The molecule has 1 spiro atoms. The number of hydrogen-bond donors (Lipinski definition) is 2. The number of hydroxylamine groups is 1. The minimum Gasteiger partial charge on any atom is -0.324 e. The summed E-state index contributed by atoms with van der Waals surface area (Å²) in [5, 5.41) is 2.97. The molecular weight excluding hydrogens is 302 g/mol. The van der Waals surface area contributed by atoms with Gasteiger partial charge in [0, 0.05) is 42.7 Å². The third kappa shape index (κ3) is 3.56. The van der Waals surface area contributed by atoms with Crippen LogP contribution in [-0.4, -0.2) is 29.6 Å². The molecule has 5 heteroatoms. The van der Waals surface area contributed by atoms with E-state index >= 15 is 0 Å². The molecule has 5 nitrogen and oxygen atoms in total. The van der Waals surface area contributed by atoms with Crippen LogP contribution in [0.25, 0.3) is 0 Å². The second-order valence-corrected chi connectivity index (χ2v) is 7.86. The van der Waals surface area contributed by atoms with Crippen molar-refractivity contribution in [3.63, 3.8) is 0 Å². The van der Waals surface area contributed by atoms with E-state index in [1.54, 1.807) is 0 Å². The summed E-state index contributed by atoms with van der Waals surface area (Å²) in [6.45, 7) is 9.90. The molecule has 130 valence electrons. The van der Waals surface area contributed by atoms with Crippen molar-refractivity contribution < 1.29 is 9.63 Å². The van der Waals surface area contributed by atoms with Gasteiger partial charge in [0.15, 0.2) is 0 Å². The van der Waals surface area contributed by atoms with Crippen molar-refractivity contribution in [1.29, 1.82) is 0 Å². The first-order valence-corrected chi connectivity index (χ1v) is 8.57. The molecule has 1 saturated heterocycles. The minimum atomic E-state index is -0.275. The van der Waals surface area contributed by atoms with Gasteiger partial charge in [0.25, 0.3) is 0 Å². The average molecular weight is 329 g/mol. The third-order valence-corrected chi connectivity index (χ3v) is 4.78. The lowest BCUT2D eigenvalue weighted by Gasteiger charge is -2.36. The third-order valence-electron chi connectivity index (χ3n) is 4.78. The maximum atomic E-state index is 12.4. The topological polar surface area (TPSA) is 53.6 Å². The second-order valence-electron chi connectivity index (χ2n) is 7.86. The summed E-state index contributed by atoms with van der Waals surface area (Å²) in [4.78, 5) is 20.2. The summed E-state index contributed by atoms with van der Waals surface area (Å²) in [5.74, 6) is 0. The Morgan fingerprint density at radius 2 is 1.83 bits per heavy atom. The highest BCUT2D eigenvalue weighted by Crippen LogP contribution is 2.37. The zero-order chi connectivity index (χ0) is 17.4. The van der Waals surface area contributed by atoms with Crippen molar-refractivity contribution in [3.05, 3.63) is 41.6 Å². The van der Waals surface area contributed by atoms with Gasteiger partial charge in [-0.25, -0.2) is 4.79 Å². The molecule has 1 aromatic rings. The van der Waals surface area contributed by atoms with E-state index in [4.69, 9.17) is 4.84 Å². The molecule has 2 aliphatic heterocycles. The summed E-state index contributed by atoms with van der Waals surface area (Å²) >= 11 is 0. The molecule has 0 aliphatic carbocycles. The fraction of sp³-hybridized carbons (Fsp3) is 0.526. The Hall–Kier alpha value is -2.01. The number of hydrogen-bond acceptors (Lipinski definition) is 3. The lowest BCUT2D eigenvalue weighted by atomic mass is 9.85. The number of piperidine rings is 1. The van der Waals surface area contributed by atoms with Gasteiger partial charge < -0.3 is 10.2 Å². The van der Waals surface area contributed by atoms with Gasteiger partial charge in [-0.2, -0.15) is 0 Å². The number of amides is 2. The van der Waals surface area contributed by atoms with E-state index < -0.39 is 0 Å².